The third-order valence-electron chi connectivity index (χ3n) is 3.78. The SMILES string of the molecule is Nc1ncccc1-c1nnnn1Cc1ccc(Oc2cccc(F)n2)cc1. The minimum Gasteiger partial charge on any atom is -0.439 e. The van der Waals surface area contributed by atoms with Crippen molar-refractivity contribution in [3.8, 4) is 23.0 Å². The van der Waals surface area contributed by atoms with Gasteiger partial charge in [-0.3, -0.25) is 0 Å². The Bertz CT molecular complexity index is 1070. The molecule has 0 unspecified atom stereocenters. The number of nitrogens with zero attached hydrogens (tertiary/aromatic N) is 6. The maximum absolute atomic E-state index is 13.1. The Kier molecular flexibility index (Phi) is 4.40. The van der Waals surface area contributed by atoms with Crippen molar-refractivity contribution in [3.05, 3.63) is 72.3 Å². The molecule has 3 aromatic heterocycles. The van der Waals surface area contributed by atoms with Crippen LogP contribution in [0.5, 0.6) is 11.6 Å². The molecule has 4 rings (SSSR count). The van der Waals surface area contributed by atoms with E-state index in [1.165, 1.54) is 12.1 Å². The molecule has 9 heteroatoms. The van der Waals surface area contributed by atoms with Crippen LogP contribution in [0, 0.1) is 5.95 Å². The van der Waals surface area contributed by atoms with Crippen LogP contribution >= 0.6 is 0 Å². The van der Waals surface area contributed by atoms with E-state index < -0.39 is 5.95 Å². The molecule has 0 fully saturated rings. The molecule has 3 heterocycles. The number of ether oxygens (including phenoxy) is 1. The first-order valence-corrected chi connectivity index (χ1v) is 8.05. The third kappa shape index (κ3) is 3.71. The van der Waals surface area contributed by atoms with E-state index in [9.17, 15) is 4.39 Å². The number of aromatic nitrogens is 6. The molecule has 0 amide bonds. The van der Waals surface area contributed by atoms with Gasteiger partial charge in [0.1, 0.15) is 11.6 Å². The van der Waals surface area contributed by atoms with Gasteiger partial charge in [0.2, 0.25) is 11.8 Å². The summed E-state index contributed by atoms with van der Waals surface area (Å²) in [5, 5.41) is 11.8. The second-order valence-corrected chi connectivity index (χ2v) is 5.64. The highest BCUT2D eigenvalue weighted by Gasteiger charge is 2.12. The van der Waals surface area contributed by atoms with E-state index in [0.29, 0.717) is 29.5 Å². The van der Waals surface area contributed by atoms with Crippen LogP contribution in [0.1, 0.15) is 5.56 Å². The molecular formula is C18H14FN7O. The molecule has 0 aliphatic carbocycles. The average molecular weight is 363 g/mol. The maximum Gasteiger partial charge on any atom is 0.221 e. The fourth-order valence-electron chi connectivity index (χ4n) is 2.51. The fourth-order valence-corrected chi connectivity index (χ4v) is 2.51. The number of hydrogen-bond donors (Lipinski definition) is 1. The van der Waals surface area contributed by atoms with Gasteiger partial charge in [0.25, 0.3) is 0 Å². The van der Waals surface area contributed by atoms with Gasteiger partial charge in [0.15, 0.2) is 5.82 Å². The molecule has 0 spiro atoms. The summed E-state index contributed by atoms with van der Waals surface area (Å²) in [5.74, 6) is 1.04. The second-order valence-electron chi connectivity index (χ2n) is 5.64. The van der Waals surface area contributed by atoms with Gasteiger partial charge in [0, 0.05) is 12.3 Å². The topological polar surface area (TPSA) is 105 Å². The molecule has 0 aliphatic heterocycles. The first-order valence-electron chi connectivity index (χ1n) is 8.05. The summed E-state index contributed by atoms with van der Waals surface area (Å²) in [5.41, 5.74) is 7.52. The quantitative estimate of drug-likeness (QED) is 0.544. The number of hydrogen-bond acceptors (Lipinski definition) is 7. The van der Waals surface area contributed by atoms with Gasteiger partial charge >= 0.3 is 0 Å². The summed E-state index contributed by atoms with van der Waals surface area (Å²) in [7, 11) is 0. The third-order valence-corrected chi connectivity index (χ3v) is 3.78. The van der Waals surface area contributed by atoms with E-state index in [2.05, 4.69) is 25.5 Å². The Hall–Kier alpha value is -3.88. The predicted octanol–water partition coefficient (Wildman–Crippen LogP) is 2.69. The molecule has 0 bridgehead atoms. The Morgan fingerprint density at radius 3 is 2.67 bits per heavy atom. The smallest absolute Gasteiger partial charge is 0.221 e. The van der Waals surface area contributed by atoms with Crippen LogP contribution in [-0.2, 0) is 6.54 Å². The van der Waals surface area contributed by atoms with Crippen LogP contribution in [0.3, 0.4) is 0 Å². The highest BCUT2D eigenvalue weighted by Crippen LogP contribution is 2.23. The van der Waals surface area contributed by atoms with Crippen molar-refractivity contribution in [2.45, 2.75) is 6.54 Å². The zero-order valence-corrected chi connectivity index (χ0v) is 14.0. The normalized spacial score (nSPS) is 10.7. The van der Waals surface area contributed by atoms with Gasteiger partial charge in [-0.2, -0.15) is 9.37 Å². The van der Waals surface area contributed by atoms with E-state index in [4.69, 9.17) is 10.5 Å². The van der Waals surface area contributed by atoms with Crippen LogP contribution in [0.4, 0.5) is 10.2 Å². The Morgan fingerprint density at radius 2 is 1.89 bits per heavy atom. The van der Waals surface area contributed by atoms with E-state index >= 15 is 0 Å². The summed E-state index contributed by atoms with van der Waals surface area (Å²) in [6, 6.07) is 15.2. The first-order chi connectivity index (χ1) is 13.2. The van der Waals surface area contributed by atoms with Crippen molar-refractivity contribution >= 4 is 5.82 Å². The number of nitrogens with two attached hydrogens (primary N) is 1. The van der Waals surface area contributed by atoms with Crippen LogP contribution in [-0.4, -0.2) is 30.2 Å². The molecule has 0 saturated carbocycles. The lowest BCUT2D eigenvalue weighted by molar-refractivity contribution is 0.445. The number of tetrazole rings is 1. The van der Waals surface area contributed by atoms with Gasteiger partial charge < -0.3 is 10.5 Å². The minimum atomic E-state index is -0.593. The molecule has 4 aromatic rings. The summed E-state index contributed by atoms with van der Waals surface area (Å²) < 4.78 is 20.3. The lowest BCUT2D eigenvalue weighted by atomic mass is 10.2. The monoisotopic (exact) mass is 363 g/mol. The lowest BCUT2D eigenvalue weighted by Crippen LogP contribution is -2.06. The second kappa shape index (κ2) is 7.16. The molecule has 1 aromatic carbocycles. The minimum absolute atomic E-state index is 0.192. The van der Waals surface area contributed by atoms with Crippen LogP contribution in [0.25, 0.3) is 11.4 Å². The lowest BCUT2D eigenvalue weighted by Gasteiger charge is -2.08. The summed E-state index contributed by atoms with van der Waals surface area (Å²) in [6.45, 7) is 0.440. The molecule has 8 nitrogen and oxygen atoms in total. The van der Waals surface area contributed by atoms with Crippen molar-refractivity contribution in [1.29, 1.82) is 0 Å². The van der Waals surface area contributed by atoms with Gasteiger partial charge in [-0.05, 0) is 46.3 Å². The van der Waals surface area contributed by atoms with Gasteiger partial charge in [0.05, 0.1) is 12.1 Å². The molecule has 0 atom stereocenters. The van der Waals surface area contributed by atoms with Gasteiger partial charge in [-0.15, -0.1) is 5.10 Å². The van der Waals surface area contributed by atoms with Crippen LogP contribution in [0.2, 0.25) is 0 Å². The molecule has 0 saturated heterocycles. The largest absolute Gasteiger partial charge is 0.439 e. The number of halogens is 1. The summed E-state index contributed by atoms with van der Waals surface area (Å²) >= 11 is 0. The van der Waals surface area contributed by atoms with Gasteiger partial charge in [-0.25, -0.2) is 9.67 Å². The zero-order chi connectivity index (χ0) is 18.6. The van der Waals surface area contributed by atoms with Crippen molar-refractivity contribution in [2.24, 2.45) is 0 Å². The Morgan fingerprint density at radius 1 is 1.04 bits per heavy atom. The van der Waals surface area contributed by atoms with Crippen molar-refractivity contribution in [1.82, 2.24) is 30.2 Å². The molecule has 134 valence electrons. The summed E-state index contributed by atoms with van der Waals surface area (Å²) in [6.07, 6.45) is 1.61. The van der Waals surface area contributed by atoms with Gasteiger partial charge in [-0.1, -0.05) is 18.2 Å². The molecule has 27 heavy (non-hydrogen) atoms. The standard InChI is InChI=1S/C18H14FN7O/c19-15-4-1-5-16(22-15)27-13-8-6-12(7-9-13)11-26-18(23-24-25-26)14-3-2-10-21-17(14)20/h1-10H,11H2,(H2,20,21). The van der Waals surface area contributed by atoms with E-state index in [0.717, 1.165) is 5.56 Å². The fraction of sp³-hybridized carbons (Fsp3) is 0.0556. The number of pyridine rings is 2. The average Bonchev–Trinajstić information content (AvgIpc) is 3.12. The predicted molar refractivity (Wildman–Crippen MR) is 95.3 cm³/mol. The zero-order valence-electron chi connectivity index (χ0n) is 14.0. The van der Waals surface area contributed by atoms with Crippen molar-refractivity contribution in [3.63, 3.8) is 0 Å². The Labute approximate surface area is 153 Å². The van der Waals surface area contributed by atoms with Crippen LogP contribution < -0.4 is 10.5 Å². The number of benzene rings is 1. The molecule has 2 N–H and O–H groups in total. The summed E-state index contributed by atoms with van der Waals surface area (Å²) in [4.78, 5) is 7.73. The first kappa shape index (κ1) is 16.6. The van der Waals surface area contributed by atoms with E-state index in [-0.39, 0.29) is 5.88 Å². The van der Waals surface area contributed by atoms with E-state index in [1.54, 1.807) is 35.1 Å². The number of rotatable bonds is 5. The highest BCUT2D eigenvalue weighted by atomic mass is 19.1. The highest BCUT2D eigenvalue weighted by molar-refractivity contribution is 5.67. The number of nitrogen functional groups attached to an aromatic ring is 1. The van der Waals surface area contributed by atoms with E-state index in [1.807, 2.05) is 18.2 Å². The van der Waals surface area contributed by atoms with Crippen molar-refractivity contribution < 1.29 is 9.13 Å². The molecule has 0 aliphatic rings. The molecule has 0 radical (unpaired) electrons. The Balaban J connectivity index is 1.51. The van der Waals surface area contributed by atoms with Crippen molar-refractivity contribution in [2.75, 3.05) is 5.73 Å². The molecular weight excluding hydrogens is 349 g/mol. The maximum atomic E-state index is 13.1. The van der Waals surface area contributed by atoms with Crippen LogP contribution in [0.15, 0.2) is 60.8 Å². The number of anilines is 1.